The van der Waals surface area contributed by atoms with Crippen LogP contribution in [0.25, 0.3) is 0 Å². The Hall–Kier alpha value is -3.14. The van der Waals surface area contributed by atoms with E-state index in [1.807, 2.05) is 72.8 Å². The molecule has 3 rings (SSSR count). The third-order valence-electron chi connectivity index (χ3n) is 4.14. The van der Waals surface area contributed by atoms with Gasteiger partial charge in [0.15, 0.2) is 0 Å². The number of rotatable bonds is 11. The molecule has 0 heterocycles. The summed E-state index contributed by atoms with van der Waals surface area (Å²) < 4.78 is 17.5. The molecule has 0 spiro atoms. The van der Waals surface area contributed by atoms with Crippen molar-refractivity contribution in [2.24, 2.45) is 0 Å². The summed E-state index contributed by atoms with van der Waals surface area (Å²) >= 11 is 0. The first-order valence-corrected chi connectivity index (χ1v) is 9.71. The Labute approximate surface area is 167 Å². The zero-order chi connectivity index (χ0) is 19.4. The summed E-state index contributed by atoms with van der Waals surface area (Å²) in [4.78, 5) is 0. The number of hydrogen-bond donors (Lipinski definition) is 1. The Balaban J connectivity index is 1.54. The van der Waals surface area contributed by atoms with Gasteiger partial charge in [0.05, 0.1) is 12.3 Å². The van der Waals surface area contributed by atoms with Crippen molar-refractivity contribution in [3.8, 4) is 17.2 Å². The van der Waals surface area contributed by atoms with Crippen molar-refractivity contribution in [3.05, 3.63) is 84.4 Å². The minimum Gasteiger partial charge on any atom is -0.493 e. The molecule has 1 N–H and O–H groups in total. The molecule has 4 heteroatoms. The lowest BCUT2D eigenvalue weighted by Gasteiger charge is -2.15. The van der Waals surface area contributed by atoms with Crippen LogP contribution in [0.15, 0.2) is 78.9 Å². The molecule has 28 heavy (non-hydrogen) atoms. The van der Waals surface area contributed by atoms with Gasteiger partial charge in [-0.1, -0.05) is 55.5 Å². The molecule has 0 aliphatic heterocycles. The van der Waals surface area contributed by atoms with Crippen molar-refractivity contribution in [2.75, 3.05) is 25.1 Å². The summed E-state index contributed by atoms with van der Waals surface area (Å²) in [5, 5.41) is 3.46. The monoisotopic (exact) mass is 377 g/mol. The molecule has 0 radical (unpaired) electrons. The van der Waals surface area contributed by atoms with Crippen molar-refractivity contribution in [1.29, 1.82) is 0 Å². The van der Waals surface area contributed by atoms with Gasteiger partial charge in [-0.2, -0.15) is 0 Å². The van der Waals surface area contributed by atoms with Crippen LogP contribution in [0.3, 0.4) is 0 Å². The second-order valence-corrected chi connectivity index (χ2v) is 6.32. The minimum atomic E-state index is 0.476. The molecule has 3 aromatic carbocycles. The van der Waals surface area contributed by atoms with Gasteiger partial charge in [-0.15, -0.1) is 0 Å². The van der Waals surface area contributed by atoms with Gasteiger partial charge < -0.3 is 19.5 Å². The van der Waals surface area contributed by atoms with Crippen LogP contribution in [0.2, 0.25) is 0 Å². The second-order valence-electron chi connectivity index (χ2n) is 6.32. The third kappa shape index (κ3) is 5.95. The first-order chi connectivity index (χ1) is 13.9. The van der Waals surface area contributed by atoms with Crippen LogP contribution in [0, 0.1) is 0 Å². The van der Waals surface area contributed by atoms with Crippen molar-refractivity contribution in [3.63, 3.8) is 0 Å². The van der Waals surface area contributed by atoms with Gasteiger partial charge in [0.1, 0.15) is 30.5 Å². The van der Waals surface area contributed by atoms with Gasteiger partial charge in [-0.25, -0.2) is 0 Å². The summed E-state index contributed by atoms with van der Waals surface area (Å²) in [6.07, 6.45) is 0.990. The highest BCUT2D eigenvalue weighted by Gasteiger charge is 2.06. The topological polar surface area (TPSA) is 39.7 Å². The maximum Gasteiger partial charge on any atom is 0.142 e. The fourth-order valence-corrected chi connectivity index (χ4v) is 2.76. The van der Waals surface area contributed by atoms with Gasteiger partial charge >= 0.3 is 0 Å². The van der Waals surface area contributed by atoms with E-state index >= 15 is 0 Å². The van der Waals surface area contributed by atoms with E-state index in [0.29, 0.717) is 19.8 Å². The molecule has 0 unspecified atom stereocenters. The fourth-order valence-electron chi connectivity index (χ4n) is 2.76. The zero-order valence-corrected chi connectivity index (χ0v) is 16.3. The van der Waals surface area contributed by atoms with Crippen LogP contribution < -0.4 is 19.5 Å². The van der Waals surface area contributed by atoms with E-state index in [2.05, 4.69) is 18.3 Å². The van der Waals surface area contributed by atoms with Crippen molar-refractivity contribution in [1.82, 2.24) is 0 Å². The van der Waals surface area contributed by atoms with Gasteiger partial charge in [0.2, 0.25) is 0 Å². The largest absolute Gasteiger partial charge is 0.493 e. The number of anilines is 1. The van der Waals surface area contributed by atoms with Crippen molar-refractivity contribution in [2.45, 2.75) is 19.9 Å². The summed E-state index contributed by atoms with van der Waals surface area (Å²) in [5.41, 5.74) is 2.07. The van der Waals surface area contributed by atoms with E-state index in [1.54, 1.807) is 0 Å². The van der Waals surface area contributed by atoms with E-state index in [9.17, 15) is 0 Å². The summed E-state index contributed by atoms with van der Waals surface area (Å²) in [5.74, 6) is 2.58. The van der Waals surface area contributed by atoms with Crippen molar-refractivity contribution < 1.29 is 14.2 Å². The Morgan fingerprint density at radius 3 is 2.11 bits per heavy atom. The van der Waals surface area contributed by atoms with Gasteiger partial charge in [0, 0.05) is 12.1 Å². The van der Waals surface area contributed by atoms with E-state index in [0.717, 1.165) is 41.5 Å². The quantitative estimate of drug-likeness (QED) is 0.445. The van der Waals surface area contributed by atoms with Crippen LogP contribution in [0.5, 0.6) is 17.2 Å². The standard InChI is InChI=1S/C24H27NO3/c1-2-16-27-23-14-8-6-10-20(23)19-25-22-13-7-9-15-24(22)28-18-17-26-21-11-4-3-5-12-21/h3-15,25H,2,16-19H2,1H3. The third-order valence-corrected chi connectivity index (χ3v) is 4.14. The highest BCUT2D eigenvalue weighted by molar-refractivity contribution is 5.56. The zero-order valence-electron chi connectivity index (χ0n) is 16.3. The fraction of sp³-hybridized carbons (Fsp3) is 0.250. The van der Waals surface area contributed by atoms with Crippen LogP contribution in [0.1, 0.15) is 18.9 Å². The van der Waals surface area contributed by atoms with Crippen LogP contribution in [-0.4, -0.2) is 19.8 Å². The maximum atomic E-state index is 5.92. The molecular formula is C24H27NO3. The molecule has 0 bridgehead atoms. The highest BCUT2D eigenvalue weighted by atomic mass is 16.5. The van der Waals surface area contributed by atoms with Crippen LogP contribution >= 0.6 is 0 Å². The molecule has 0 saturated heterocycles. The maximum absolute atomic E-state index is 5.92. The molecule has 0 aromatic heterocycles. The number of nitrogens with one attached hydrogen (secondary N) is 1. The molecule has 0 atom stereocenters. The lowest BCUT2D eigenvalue weighted by molar-refractivity contribution is 0.218. The van der Waals surface area contributed by atoms with Crippen LogP contribution in [0.4, 0.5) is 5.69 Å². The Bertz CT molecular complexity index is 836. The van der Waals surface area contributed by atoms with Crippen LogP contribution in [-0.2, 0) is 6.54 Å². The Kier molecular flexibility index (Phi) is 7.62. The molecule has 3 aromatic rings. The Morgan fingerprint density at radius 2 is 1.29 bits per heavy atom. The molecule has 4 nitrogen and oxygen atoms in total. The normalized spacial score (nSPS) is 10.3. The molecule has 0 fully saturated rings. The first kappa shape index (κ1) is 19.6. The molecular weight excluding hydrogens is 350 g/mol. The van der Waals surface area contributed by atoms with Gasteiger partial charge in [-0.3, -0.25) is 0 Å². The molecule has 146 valence electrons. The molecule has 0 aliphatic carbocycles. The number of para-hydroxylation sites is 4. The lowest BCUT2D eigenvalue weighted by atomic mass is 10.2. The Morgan fingerprint density at radius 1 is 0.643 bits per heavy atom. The molecule has 0 aliphatic rings. The van der Waals surface area contributed by atoms with Gasteiger partial charge in [0.25, 0.3) is 0 Å². The van der Waals surface area contributed by atoms with E-state index in [-0.39, 0.29) is 0 Å². The summed E-state index contributed by atoms with van der Waals surface area (Å²) in [6.45, 7) is 4.46. The number of hydrogen-bond acceptors (Lipinski definition) is 4. The highest BCUT2D eigenvalue weighted by Crippen LogP contribution is 2.26. The average Bonchev–Trinajstić information content (AvgIpc) is 2.76. The van der Waals surface area contributed by atoms with E-state index < -0.39 is 0 Å². The second kappa shape index (κ2) is 10.9. The molecule has 0 saturated carbocycles. The van der Waals surface area contributed by atoms with Crippen molar-refractivity contribution >= 4 is 5.69 Å². The van der Waals surface area contributed by atoms with Gasteiger partial charge in [-0.05, 0) is 36.8 Å². The predicted molar refractivity (Wildman–Crippen MR) is 113 cm³/mol. The SMILES string of the molecule is CCCOc1ccccc1CNc1ccccc1OCCOc1ccccc1. The van der Waals surface area contributed by atoms with E-state index in [4.69, 9.17) is 14.2 Å². The summed E-state index contributed by atoms with van der Waals surface area (Å²) in [6, 6.07) is 25.8. The minimum absolute atomic E-state index is 0.476. The first-order valence-electron chi connectivity index (χ1n) is 9.71. The molecule has 0 amide bonds. The van der Waals surface area contributed by atoms with E-state index in [1.165, 1.54) is 0 Å². The summed E-state index contributed by atoms with van der Waals surface area (Å²) in [7, 11) is 0. The number of benzene rings is 3. The lowest BCUT2D eigenvalue weighted by Crippen LogP contribution is -2.10. The average molecular weight is 377 g/mol. The number of ether oxygens (including phenoxy) is 3. The predicted octanol–water partition coefficient (Wildman–Crippen LogP) is 5.55. The smallest absolute Gasteiger partial charge is 0.142 e.